The molecule has 0 bridgehead atoms. The van der Waals surface area contributed by atoms with Crippen LogP contribution in [0.25, 0.3) is 5.69 Å². The lowest BCUT2D eigenvalue weighted by Gasteiger charge is -2.09. The zero-order valence-electron chi connectivity index (χ0n) is 12.3. The maximum absolute atomic E-state index is 12.7. The van der Waals surface area contributed by atoms with Gasteiger partial charge in [-0.25, -0.2) is 4.68 Å². The first-order chi connectivity index (χ1) is 11.3. The van der Waals surface area contributed by atoms with Gasteiger partial charge in [-0.2, -0.15) is 18.3 Å². The molecule has 1 aromatic carbocycles. The van der Waals surface area contributed by atoms with Crippen LogP contribution in [0.15, 0.2) is 36.5 Å². The predicted octanol–water partition coefficient (Wildman–Crippen LogP) is 1.97. The summed E-state index contributed by atoms with van der Waals surface area (Å²) in [5.74, 6) is -0.819. The Hall–Kier alpha value is -2.84. The van der Waals surface area contributed by atoms with E-state index in [0.717, 1.165) is 12.1 Å². The van der Waals surface area contributed by atoms with Gasteiger partial charge in [-0.3, -0.25) is 9.59 Å². The van der Waals surface area contributed by atoms with Gasteiger partial charge in [0.25, 0.3) is 0 Å². The fourth-order valence-corrected chi connectivity index (χ4v) is 2.38. The Balaban J connectivity index is 1.74. The molecule has 0 spiro atoms. The standard InChI is InChI=1S/C15H13F3N4O2/c16-15(17,18)10-2-1-3-11(7-10)22-5-4-12(21-22)20-14(24)9-6-13(23)19-8-9/h1-5,7,9H,6,8H2,(H,19,23)(H,20,21,24)/t9-/m1/s1. The first-order valence-corrected chi connectivity index (χ1v) is 7.14. The molecule has 2 aromatic rings. The van der Waals surface area contributed by atoms with Gasteiger partial charge in [0.2, 0.25) is 11.8 Å². The van der Waals surface area contributed by atoms with E-state index in [1.54, 1.807) is 0 Å². The van der Waals surface area contributed by atoms with E-state index in [9.17, 15) is 22.8 Å². The van der Waals surface area contributed by atoms with Gasteiger partial charge in [0.15, 0.2) is 5.82 Å². The van der Waals surface area contributed by atoms with Crippen molar-refractivity contribution in [2.45, 2.75) is 12.6 Å². The van der Waals surface area contributed by atoms with E-state index in [1.807, 2.05) is 0 Å². The second kappa shape index (κ2) is 5.99. The molecule has 2 amide bonds. The molecule has 1 fully saturated rings. The van der Waals surface area contributed by atoms with Crippen LogP contribution in [0.1, 0.15) is 12.0 Å². The number of carbonyl (C=O) groups is 2. The Morgan fingerprint density at radius 3 is 2.79 bits per heavy atom. The summed E-state index contributed by atoms with van der Waals surface area (Å²) in [4.78, 5) is 23.1. The lowest BCUT2D eigenvalue weighted by molar-refractivity contribution is -0.137. The van der Waals surface area contributed by atoms with Crippen LogP contribution in [0.4, 0.5) is 19.0 Å². The number of carbonyl (C=O) groups excluding carboxylic acids is 2. The van der Waals surface area contributed by atoms with Crippen LogP contribution in [-0.2, 0) is 15.8 Å². The number of nitrogens with zero attached hydrogens (tertiary/aromatic N) is 2. The van der Waals surface area contributed by atoms with Gasteiger partial charge in [0, 0.05) is 25.2 Å². The monoisotopic (exact) mass is 338 g/mol. The van der Waals surface area contributed by atoms with E-state index in [0.29, 0.717) is 0 Å². The molecule has 1 aromatic heterocycles. The minimum absolute atomic E-state index is 0.111. The highest BCUT2D eigenvalue weighted by Gasteiger charge is 2.31. The van der Waals surface area contributed by atoms with Gasteiger partial charge in [0.1, 0.15) is 0 Å². The number of anilines is 1. The van der Waals surface area contributed by atoms with Crippen LogP contribution in [0.2, 0.25) is 0 Å². The number of benzene rings is 1. The molecule has 3 rings (SSSR count). The van der Waals surface area contributed by atoms with Crippen LogP contribution in [0.5, 0.6) is 0 Å². The lowest BCUT2D eigenvalue weighted by Crippen LogP contribution is -2.24. The van der Waals surface area contributed by atoms with Crippen molar-refractivity contribution < 1.29 is 22.8 Å². The Labute approximate surface area is 134 Å². The zero-order chi connectivity index (χ0) is 17.3. The summed E-state index contributed by atoms with van der Waals surface area (Å²) in [7, 11) is 0. The van der Waals surface area contributed by atoms with E-state index in [4.69, 9.17) is 0 Å². The Bertz CT molecular complexity index is 785. The SMILES string of the molecule is O=C1C[C@@H](C(=O)Nc2ccn(-c3cccc(C(F)(F)F)c3)n2)CN1. The van der Waals surface area contributed by atoms with E-state index >= 15 is 0 Å². The third-order valence-corrected chi connectivity index (χ3v) is 3.63. The van der Waals surface area contributed by atoms with E-state index in [-0.39, 0.29) is 36.3 Å². The Kier molecular flexibility index (Phi) is 4.00. The van der Waals surface area contributed by atoms with Gasteiger partial charge < -0.3 is 10.6 Å². The van der Waals surface area contributed by atoms with Gasteiger partial charge >= 0.3 is 6.18 Å². The molecule has 6 nitrogen and oxygen atoms in total. The Morgan fingerprint density at radius 2 is 2.12 bits per heavy atom. The zero-order valence-corrected chi connectivity index (χ0v) is 12.3. The normalized spacial score (nSPS) is 17.6. The molecular weight excluding hydrogens is 325 g/mol. The van der Waals surface area contributed by atoms with Gasteiger partial charge in [-0.05, 0) is 18.2 Å². The molecule has 126 valence electrons. The molecule has 0 unspecified atom stereocenters. The van der Waals surface area contributed by atoms with E-state index in [2.05, 4.69) is 15.7 Å². The van der Waals surface area contributed by atoms with Crippen molar-refractivity contribution >= 4 is 17.6 Å². The topological polar surface area (TPSA) is 76.0 Å². The van der Waals surface area contributed by atoms with Gasteiger partial charge in [-0.15, -0.1) is 0 Å². The molecule has 1 atom stereocenters. The second-order valence-electron chi connectivity index (χ2n) is 5.39. The van der Waals surface area contributed by atoms with Crippen LogP contribution in [0.3, 0.4) is 0 Å². The number of nitrogens with one attached hydrogen (secondary N) is 2. The summed E-state index contributed by atoms with van der Waals surface area (Å²) in [5.41, 5.74) is -0.556. The minimum Gasteiger partial charge on any atom is -0.355 e. The van der Waals surface area contributed by atoms with Crippen LogP contribution < -0.4 is 10.6 Å². The molecule has 0 saturated carbocycles. The van der Waals surface area contributed by atoms with Crippen molar-refractivity contribution in [3.63, 3.8) is 0 Å². The van der Waals surface area contributed by atoms with Crippen LogP contribution in [-0.4, -0.2) is 28.1 Å². The molecule has 9 heteroatoms. The molecule has 1 aliphatic heterocycles. The lowest BCUT2D eigenvalue weighted by atomic mass is 10.1. The van der Waals surface area contributed by atoms with Crippen molar-refractivity contribution in [2.75, 3.05) is 11.9 Å². The smallest absolute Gasteiger partial charge is 0.355 e. The highest BCUT2D eigenvalue weighted by atomic mass is 19.4. The summed E-state index contributed by atoms with van der Waals surface area (Å²) in [6.07, 6.45) is -2.88. The molecule has 1 aliphatic rings. The van der Waals surface area contributed by atoms with Gasteiger partial charge in [-0.1, -0.05) is 6.07 Å². The molecule has 2 N–H and O–H groups in total. The van der Waals surface area contributed by atoms with Crippen LogP contribution in [0, 0.1) is 5.92 Å². The van der Waals surface area contributed by atoms with Crippen molar-refractivity contribution in [3.8, 4) is 5.69 Å². The molecule has 2 heterocycles. The van der Waals surface area contributed by atoms with Crippen molar-refractivity contribution in [3.05, 3.63) is 42.1 Å². The fraction of sp³-hybridized carbons (Fsp3) is 0.267. The van der Waals surface area contributed by atoms with Crippen molar-refractivity contribution in [2.24, 2.45) is 5.92 Å². The number of amides is 2. The first-order valence-electron chi connectivity index (χ1n) is 7.14. The molecule has 0 radical (unpaired) electrons. The maximum atomic E-state index is 12.7. The predicted molar refractivity (Wildman–Crippen MR) is 78.3 cm³/mol. The third kappa shape index (κ3) is 3.39. The molecule has 0 aliphatic carbocycles. The number of halogens is 3. The average Bonchev–Trinajstić information content (AvgIpc) is 3.16. The summed E-state index contributed by atoms with van der Waals surface area (Å²) < 4.78 is 39.5. The molecular formula is C15H13F3N4O2. The quantitative estimate of drug-likeness (QED) is 0.898. The van der Waals surface area contributed by atoms with Crippen molar-refractivity contribution in [1.82, 2.24) is 15.1 Å². The maximum Gasteiger partial charge on any atom is 0.416 e. The number of rotatable bonds is 3. The number of aromatic nitrogens is 2. The average molecular weight is 338 g/mol. The molecule has 1 saturated heterocycles. The van der Waals surface area contributed by atoms with Crippen LogP contribution >= 0.6 is 0 Å². The number of hydrogen-bond acceptors (Lipinski definition) is 3. The van der Waals surface area contributed by atoms with Gasteiger partial charge in [0.05, 0.1) is 17.2 Å². The summed E-state index contributed by atoms with van der Waals surface area (Å²) in [6.45, 7) is 0.263. The first kappa shape index (κ1) is 16.0. The third-order valence-electron chi connectivity index (χ3n) is 3.63. The fourth-order valence-electron chi connectivity index (χ4n) is 2.38. The highest BCUT2D eigenvalue weighted by Crippen LogP contribution is 2.30. The summed E-state index contributed by atoms with van der Waals surface area (Å²) >= 11 is 0. The summed E-state index contributed by atoms with van der Waals surface area (Å²) in [5, 5.41) is 9.16. The van der Waals surface area contributed by atoms with E-state index in [1.165, 1.54) is 29.1 Å². The van der Waals surface area contributed by atoms with Crippen molar-refractivity contribution in [1.29, 1.82) is 0 Å². The highest BCUT2D eigenvalue weighted by molar-refractivity contribution is 5.96. The largest absolute Gasteiger partial charge is 0.416 e. The number of alkyl halides is 3. The molecule has 24 heavy (non-hydrogen) atoms. The minimum atomic E-state index is -4.44. The second-order valence-corrected chi connectivity index (χ2v) is 5.39. The van der Waals surface area contributed by atoms with E-state index < -0.39 is 17.7 Å². The Morgan fingerprint density at radius 1 is 1.33 bits per heavy atom. The summed E-state index contributed by atoms with van der Waals surface area (Å²) in [6, 6.07) is 6.18. The number of hydrogen-bond donors (Lipinski definition) is 2.